The molecule has 0 amide bonds. The maximum Gasteiger partial charge on any atom is 0.228 e. The molecule has 2 rings (SSSR count). The molecule has 100 valence electrons. The van der Waals surface area contributed by atoms with Crippen LogP contribution in [0.1, 0.15) is 11.3 Å². The van der Waals surface area contributed by atoms with Crippen LogP contribution in [0.3, 0.4) is 0 Å². The lowest BCUT2D eigenvalue weighted by Gasteiger charge is -2.09. The topological polar surface area (TPSA) is 53.1 Å². The Kier molecular flexibility index (Phi) is 4.13. The van der Waals surface area contributed by atoms with Gasteiger partial charge in [0.25, 0.3) is 0 Å². The zero-order chi connectivity index (χ0) is 14.2. The summed E-state index contributed by atoms with van der Waals surface area (Å²) < 4.78 is 8.25. The highest BCUT2D eigenvalue weighted by Crippen LogP contribution is 2.33. The van der Waals surface area contributed by atoms with Crippen LogP contribution < -0.4 is 10.5 Å². The fourth-order valence-electron chi connectivity index (χ4n) is 1.70. The Morgan fingerprint density at radius 1 is 1.53 bits per heavy atom. The smallest absolute Gasteiger partial charge is 0.228 e. The van der Waals surface area contributed by atoms with E-state index in [1.165, 1.54) is 0 Å². The highest BCUT2D eigenvalue weighted by Gasteiger charge is 2.18. The van der Waals surface area contributed by atoms with Crippen LogP contribution in [-0.4, -0.2) is 14.8 Å². The average molecular weight is 361 g/mol. The minimum Gasteiger partial charge on any atom is -0.437 e. The monoisotopic (exact) mass is 359 g/mol. The Balaban J connectivity index is 2.46. The number of hydrogen-bond acceptors (Lipinski definition) is 3. The van der Waals surface area contributed by atoms with E-state index in [1.807, 2.05) is 13.0 Å². The van der Waals surface area contributed by atoms with Gasteiger partial charge in [-0.05, 0) is 25.1 Å². The van der Waals surface area contributed by atoms with Gasteiger partial charge in [0.2, 0.25) is 5.88 Å². The Morgan fingerprint density at radius 2 is 2.21 bits per heavy atom. The van der Waals surface area contributed by atoms with Crippen LogP contribution in [-0.2, 0) is 7.05 Å². The summed E-state index contributed by atoms with van der Waals surface area (Å²) in [6, 6.07) is 5.35. The molecule has 2 aromatic rings. The molecule has 1 aromatic heterocycles. The predicted octanol–water partition coefficient (Wildman–Crippen LogP) is 3.57. The van der Waals surface area contributed by atoms with Crippen molar-refractivity contribution in [2.24, 2.45) is 12.8 Å². The summed E-state index contributed by atoms with van der Waals surface area (Å²) in [6.07, 6.45) is 0. The third kappa shape index (κ3) is 2.91. The minimum atomic E-state index is 0.244. The van der Waals surface area contributed by atoms with Gasteiger partial charge in [-0.15, -0.1) is 0 Å². The molecule has 0 unspecified atom stereocenters. The van der Waals surface area contributed by atoms with Crippen molar-refractivity contribution in [3.8, 4) is 11.6 Å². The van der Waals surface area contributed by atoms with Crippen LogP contribution in [0.15, 0.2) is 22.7 Å². The summed E-state index contributed by atoms with van der Waals surface area (Å²) >= 11 is 14.5. The lowest BCUT2D eigenvalue weighted by Crippen LogP contribution is -2.11. The standard InChI is InChI=1S/C12H11BrClN3OS/c1-6-10(11(15)19)12(17(2)16-6)18-9-4-3-7(13)5-8(9)14/h3-5H,1-2H3,(H2,15,19). The van der Waals surface area contributed by atoms with Crippen LogP contribution in [0.25, 0.3) is 0 Å². The molecule has 0 aliphatic heterocycles. The first kappa shape index (κ1) is 14.3. The van der Waals surface area contributed by atoms with E-state index in [2.05, 4.69) is 21.0 Å². The molecule has 7 heteroatoms. The summed E-state index contributed by atoms with van der Waals surface area (Å²) in [4.78, 5) is 0.244. The van der Waals surface area contributed by atoms with E-state index >= 15 is 0 Å². The maximum atomic E-state index is 6.12. The number of aromatic nitrogens is 2. The average Bonchev–Trinajstić information content (AvgIpc) is 2.57. The number of aryl methyl sites for hydroxylation is 2. The van der Waals surface area contributed by atoms with Gasteiger partial charge in [0.1, 0.15) is 10.7 Å². The van der Waals surface area contributed by atoms with E-state index in [9.17, 15) is 0 Å². The number of nitrogens with two attached hydrogens (primary N) is 1. The van der Waals surface area contributed by atoms with Crippen molar-refractivity contribution >= 4 is 44.7 Å². The van der Waals surface area contributed by atoms with Gasteiger partial charge in [-0.2, -0.15) is 5.10 Å². The number of benzene rings is 1. The highest BCUT2D eigenvalue weighted by atomic mass is 79.9. The first-order chi connectivity index (χ1) is 8.90. The van der Waals surface area contributed by atoms with E-state index in [0.29, 0.717) is 22.2 Å². The molecule has 0 aliphatic carbocycles. The van der Waals surface area contributed by atoms with Gasteiger partial charge in [-0.1, -0.05) is 39.7 Å². The quantitative estimate of drug-likeness (QED) is 0.850. The van der Waals surface area contributed by atoms with Crippen LogP contribution >= 0.6 is 39.7 Å². The first-order valence-electron chi connectivity index (χ1n) is 5.36. The van der Waals surface area contributed by atoms with Crippen molar-refractivity contribution < 1.29 is 4.74 Å². The molecule has 0 radical (unpaired) electrons. The van der Waals surface area contributed by atoms with Crippen molar-refractivity contribution in [1.29, 1.82) is 0 Å². The summed E-state index contributed by atoms with van der Waals surface area (Å²) in [5, 5.41) is 4.74. The molecule has 0 aliphatic rings. The van der Waals surface area contributed by atoms with Crippen molar-refractivity contribution in [1.82, 2.24) is 9.78 Å². The Labute approximate surface area is 129 Å². The molecule has 0 saturated carbocycles. The second kappa shape index (κ2) is 5.48. The molecule has 0 spiro atoms. The first-order valence-corrected chi connectivity index (χ1v) is 6.94. The van der Waals surface area contributed by atoms with Gasteiger partial charge in [0.15, 0.2) is 0 Å². The summed E-state index contributed by atoms with van der Waals surface area (Å²) in [5.74, 6) is 1.000. The van der Waals surface area contributed by atoms with Gasteiger partial charge in [0.05, 0.1) is 16.3 Å². The number of thiocarbonyl (C=S) groups is 1. The van der Waals surface area contributed by atoms with Crippen LogP contribution in [0, 0.1) is 6.92 Å². The number of halogens is 2. The summed E-state index contributed by atoms with van der Waals surface area (Å²) in [6.45, 7) is 1.82. The molecule has 1 aromatic carbocycles. The molecule has 2 N–H and O–H groups in total. The Morgan fingerprint density at radius 3 is 2.79 bits per heavy atom. The van der Waals surface area contributed by atoms with E-state index in [4.69, 9.17) is 34.3 Å². The van der Waals surface area contributed by atoms with Crippen molar-refractivity contribution in [3.63, 3.8) is 0 Å². The summed E-state index contributed by atoms with van der Waals surface area (Å²) in [5.41, 5.74) is 7.04. The number of ether oxygens (including phenoxy) is 1. The van der Waals surface area contributed by atoms with Crippen molar-refractivity contribution in [3.05, 3.63) is 39.0 Å². The van der Waals surface area contributed by atoms with E-state index in [1.54, 1.807) is 23.9 Å². The van der Waals surface area contributed by atoms with Crippen LogP contribution in [0.2, 0.25) is 5.02 Å². The van der Waals surface area contributed by atoms with Crippen molar-refractivity contribution in [2.45, 2.75) is 6.92 Å². The second-order valence-electron chi connectivity index (χ2n) is 3.93. The lowest BCUT2D eigenvalue weighted by atomic mass is 10.2. The van der Waals surface area contributed by atoms with E-state index < -0.39 is 0 Å². The largest absolute Gasteiger partial charge is 0.437 e. The molecule has 0 fully saturated rings. The molecule has 4 nitrogen and oxygen atoms in total. The lowest BCUT2D eigenvalue weighted by molar-refractivity contribution is 0.430. The van der Waals surface area contributed by atoms with Gasteiger partial charge in [-0.3, -0.25) is 0 Å². The zero-order valence-corrected chi connectivity index (χ0v) is 13.4. The van der Waals surface area contributed by atoms with Gasteiger partial charge < -0.3 is 10.5 Å². The van der Waals surface area contributed by atoms with Crippen LogP contribution in [0.5, 0.6) is 11.6 Å². The highest BCUT2D eigenvalue weighted by molar-refractivity contribution is 9.10. The van der Waals surface area contributed by atoms with E-state index in [-0.39, 0.29) is 4.99 Å². The molecule has 0 saturated heterocycles. The third-order valence-corrected chi connectivity index (χ3v) is 3.51. The van der Waals surface area contributed by atoms with Crippen LogP contribution in [0.4, 0.5) is 0 Å². The molecule has 1 heterocycles. The molecule has 0 atom stereocenters. The second-order valence-corrected chi connectivity index (χ2v) is 5.69. The van der Waals surface area contributed by atoms with Gasteiger partial charge >= 0.3 is 0 Å². The fraction of sp³-hybridized carbons (Fsp3) is 0.167. The van der Waals surface area contributed by atoms with Gasteiger partial charge in [0, 0.05) is 11.5 Å². The number of rotatable bonds is 3. The number of nitrogens with zero attached hydrogens (tertiary/aromatic N) is 2. The maximum absolute atomic E-state index is 6.12. The van der Waals surface area contributed by atoms with Crippen molar-refractivity contribution in [2.75, 3.05) is 0 Å². The van der Waals surface area contributed by atoms with Gasteiger partial charge in [-0.25, -0.2) is 4.68 Å². The summed E-state index contributed by atoms with van der Waals surface area (Å²) in [7, 11) is 1.76. The normalized spacial score (nSPS) is 10.5. The number of hydrogen-bond donors (Lipinski definition) is 1. The Bertz CT molecular complexity index is 657. The SMILES string of the molecule is Cc1nn(C)c(Oc2ccc(Br)cc2Cl)c1C(N)=S. The zero-order valence-electron chi connectivity index (χ0n) is 10.3. The molecular weight excluding hydrogens is 350 g/mol. The minimum absolute atomic E-state index is 0.244. The Hall–Kier alpha value is -1.11. The van der Waals surface area contributed by atoms with E-state index in [0.717, 1.165) is 10.2 Å². The molecule has 19 heavy (non-hydrogen) atoms. The molecule has 0 bridgehead atoms. The fourth-order valence-corrected chi connectivity index (χ4v) is 2.65. The third-order valence-electron chi connectivity index (χ3n) is 2.52. The predicted molar refractivity (Wildman–Crippen MR) is 83.1 cm³/mol. The molecular formula is C12H11BrClN3OS.